The van der Waals surface area contributed by atoms with Crippen molar-refractivity contribution in [2.24, 2.45) is 0 Å². The molecule has 0 atom stereocenters. The van der Waals surface area contributed by atoms with Crippen LogP contribution in [-0.4, -0.2) is 76.5 Å². The second kappa shape index (κ2) is 11.5. The number of alkyl halides is 3. The summed E-state index contributed by atoms with van der Waals surface area (Å²) in [5, 5.41) is 9.80. The van der Waals surface area contributed by atoms with E-state index in [0.717, 1.165) is 22.5 Å². The molecule has 214 valence electrons. The molecule has 0 N–H and O–H groups in total. The molecule has 41 heavy (non-hydrogen) atoms. The Hall–Kier alpha value is -4.52. The molecule has 0 aliphatic carbocycles. The number of benzene rings is 2. The third-order valence-corrected chi connectivity index (χ3v) is 6.88. The van der Waals surface area contributed by atoms with E-state index >= 15 is 0 Å². The van der Waals surface area contributed by atoms with Crippen molar-refractivity contribution in [1.29, 1.82) is 0 Å². The van der Waals surface area contributed by atoms with Gasteiger partial charge in [-0.1, -0.05) is 24.3 Å². The third kappa shape index (κ3) is 5.85. The Bertz CT molecular complexity index is 1550. The lowest BCUT2D eigenvalue weighted by atomic mass is 9.96. The molecule has 1 saturated heterocycles. The van der Waals surface area contributed by atoms with E-state index in [0.29, 0.717) is 47.9 Å². The number of carbonyl (C=O) groups excluding carboxylic acids is 1. The van der Waals surface area contributed by atoms with Crippen LogP contribution in [0.1, 0.15) is 27.3 Å². The largest absolute Gasteiger partial charge is 0.496 e. The van der Waals surface area contributed by atoms with E-state index in [1.54, 1.807) is 13.2 Å². The van der Waals surface area contributed by atoms with Gasteiger partial charge in [-0.15, -0.1) is 5.10 Å². The monoisotopic (exact) mass is 567 g/mol. The molecule has 3 heterocycles. The summed E-state index contributed by atoms with van der Waals surface area (Å²) in [5.74, 6) is -0.417. The molecule has 2 aromatic heterocycles. The predicted octanol–water partition coefficient (Wildman–Crippen LogP) is 4.17. The molecule has 13 heteroatoms. The molecule has 1 amide bonds. The van der Waals surface area contributed by atoms with Crippen LogP contribution in [0.25, 0.3) is 16.8 Å². The van der Waals surface area contributed by atoms with Crippen LogP contribution in [0.5, 0.6) is 5.75 Å². The van der Waals surface area contributed by atoms with Gasteiger partial charge in [0.15, 0.2) is 0 Å². The van der Waals surface area contributed by atoms with E-state index in [1.807, 2.05) is 37.3 Å². The number of morpholine rings is 1. The number of hydrogen-bond acceptors (Lipinski definition) is 8. The summed E-state index contributed by atoms with van der Waals surface area (Å²) < 4.78 is 51.8. The average molecular weight is 568 g/mol. The van der Waals surface area contributed by atoms with E-state index in [9.17, 15) is 18.0 Å². The van der Waals surface area contributed by atoms with Gasteiger partial charge in [-0.05, 0) is 58.3 Å². The van der Waals surface area contributed by atoms with Crippen molar-refractivity contribution in [3.8, 4) is 22.6 Å². The molecule has 0 spiro atoms. The van der Waals surface area contributed by atoms with Crippen LogP contribution in [0.2, 0.25) is 0 Å². The van der Waals surface area contributed by atoms with Crippen LogP contribution < -0.4 is 9.64 Å². The maximum atomic E-state index is 13.9. The van der Waals surface area contributed by atoms with Crippen LogP contribution in [0.15, 0.2) is 54.7 Å². The van der Waals surface area contributed by atoms with Crippen LogP contribution >= 0.6 is 0 Å². The zero-order valence-corrected chi connectivity index (χ0v) is 22.7. The summed E-state index contributed by atoms with van der Waals surface area (Å²) in [6, 6.07) is 14.1. The van der Waals surface area contributed by atoms with Gasteiger partial charge >= 0.3 is 6.18 Å². The van der Waals surface area contributed by atoms with Gasteiger partial charge in [-0.25, -0.2) is 4.98 Å². The zero-order chi connectivity index (χ0) is 29.1. The van der Waals surface area contributed by atoms with E-state index in [4.69, 9.17) is 9.47 Å². The molecule has 10 nitrogen and oxygen atoms in total. The quantitative estimate of drug-likeness (QED) is 0.328. The molecule has 0 saturated carbocycles. The summed E-state index contributed by atoms with van der Waals surface area (Å²) in [7, 11) is 3.06. The number of ether oxygens (including phenoxy) is 2. The summed E-state index contributed by atoms with van der Waals surface area (Å²) >= 11 is 0. The Balaban J connectivity index is 1.49. The van der Waals surface area contributed by atoms with Crippen LogP contribution in [0, 0.1) is 6.92 Å². The normalized spacial score (nSPS) is 13.8. The molecule has 0 radical (unpaired) electrons. The van der Waals surface area contributed by atoms with E-state index in [2.05, 4.69) is 25.4 Å². The number of rotatable bonds is 7. The van der Waals surface area contributed by atoms with Crippen molar-refractivity contribution in [3.63, 3.8) is 0 Å². The Kier molecular flexibility index (Phi) is 7.88. The van der Waals surface area contributed by atoms with Gasteiger partial charge in [0, 0.05) is 38.4 Å². The van der Waals surface area contributed by atoms with Gasteiger partial charge in [0.2, 0.25) is 0 Å². The number of anilines is 1. The molecule has 2 aromatic carbocycles. The molecule has 1 fully saturated rings. The summed E-state index contributed by atoms with van der Waals surface area (Å²) in [6.45, 7) is 4.61. The number of halogens is 3. The van der Waals surface area contributed by atoms with Crippen LogP contribution in [-0.2, 0) is 17.5 Å². The lowest BCUT2D eigenvalue weighted by Crippen LogP contribution is -2.37. The van der Waals surface area contributed by atoms with Gasteiger partial charge in [0.25, 0.3) is 11.7 Å². The highest BCUT2D eigenvalue weighted by atomic mass is 19.4. The summed E-state index contributed by atoms with van der Waals surface area (Å²) in [5.41, 5.74) is 3.59. The topological polar surface area (TPSA) is 98.5 Å². The number of pyridine rings is 1. The summed E-state index contributed by atoms with van der Waals surface area (Å²) in [6.07, 6.45) is -3.17. The van der Waals surface area contributed by atoms with Crippen molar-refractivity contribution >= 4 is 11.7 Å². The Morgan fingerprint density at radius 2 is 1.85 bits per heavy atom. The lowest BCUT2D eigenvalue weighted by Gasteiger charge is -2.29. The highest BCUT2D eigenvalue weighted by Gasteiger charge is 2.38. The van der Waals surface area contributed by atoms with Crippen molar-refractivity contribution in [1.82, 2.24) is 30.1 Å². The van der Waals surface area contributed by atoms with Crippen molar-refractivity contribution in [2.45, 2.75) is 19.6 Å². The maximum Gasteiger partial charge on any atom is 0.453 e. The number of methoxy groups -OCH3 is 1. The second-order valence-electron chi connectivity index (χ2n) is 9.57. The van der Waals surface area contributed by atoms with Gasteiger partial charge in [-0.3, -0.25) is 4.79 Å². The van der Waals surface area contributed by atoms with Gasteiger partial charge in [-0.2, -0.15) is 17.9 Å². The molecule has 0 unspecified atom stereocenters. The average Bonchev–Trinajstić information content (AvgIpc) is 3.48. The van der Waals surface area contributed by atoms with Crippen LogP contribution in [0.4, 0.5) is 19.0 Å². The number of aromatic nitrogens is 5. The first-order valence-corrected chi connectivity index (χ1v) is 12.8. The number of amides is 1. The van der Waals surface area contributed by atoms with Crippen LogP contribution in [0.3, 0.4) is 0 Å². The molecule has 0 bridgehead atoms. The minimum Gasteiger partial charge on any atom is -0.496 e. The van der Waals surface area contributed by atoms with Gasteiger partial charge < -0.3 is 19.3 Å². The van der Waals surface area contributed by atoms with Crippen molar-refractivity contribution in [3.05, 3.63) is 77.2 Å². The number of hydrogen-bond donors (Lipinski definition) is 0. The highest BCUT2D eigenvalue weighted by Crippen LogP contribution is 2.33. The SMILES string of the molecule is COc1ccc(-n2nnnc2C(F)(F)F)cc1CN(C)C(=O)c1cnc(N2CCOCC2)cc1-c1ccccc1C. The van der Waals surface area contributed by atoms with E-state index < -0.39 is 12.0 Å². The maximum absolute atomic E-state index is 13.9. The number of tetrazole rings is 1. The van der Waals surface area contributed by atoms with E-state index in [1.165, 1.54) is 30.2 Å². The first-order valence-electron chi connectivity index (χ1n) is 12.8. The zero-order valence-electron chi connectivity index (χ0n) is 22.7. The molecular weight excluding hydrogens is 539 g/mol. The molecular formula is C28H28F3N7O3. The third-order valence-electron chi connectivity index (χ3n) is 6.88. The minimum atomic E-state index is -4.75. The lowest BCUT2D eigenvalue weighted by molar-refractivity contribution is -0.146. The second-order valence-corrected chi connectivity index (χ2v) is 9.57. The van der Waals surface area contributed by atoms with Gasteiger partial charge in [0.05, 0.1) is 31.6 Å². The smallest absolute Gasteiger partial charge is 0.453 e. The number of nitrogens with zero attached hydrogens (tertiary/aromatic N) is 7. The minimum absolute atomic E-state index is 0.0394. The van der Waals surface area contributed by atoms with E-state index in [-0.39, 0.29) is 18.1 Å². The first-order chi connectivity index (χ1) is 19.7. The molecule has 1 aliphatic rings. The highest BCUT2D eigenvalue weighted by molar-refractivity contribution is 6.01. The fraction of sp³-hybridized carbons (Fsp3) is 0.321. The first kappa shape index (κ1) is 28.0. The number of carbonyl (C=O) groups is 1. The molecule has 4 aromatic rings. The Labute approximate surface area is 234 Å². The number of aryl methyl sites for hydroxylation is 1. The molecule has 1 aliphatic heterocycles. The fourth-order valence-electron chi connectivity index (χ4n) is 4.77. The Morgan fingerprint density at radius 1 is 1.10 bits per heavy atom. The fourth-order valence-corrected chi connectivity index (χ4v) is 4.77. The molecule has 5 rings (SSSR count). The Morgan fingerprint density at radius 3 is 2.56 bits per heavy atom. The van der Waals surface area contributed by atoms with Gasteiger partial charge in [0.1, 0.15) is 11.6 Å². The predicted molar refractivity (Wildman–Crippen MR) is 144 cm³/mol. The van der Waals surface area contributed by atoms with Crippen molar-refractivity contribution < 1.29 is 27.4 Å². The van der Waals surface area contributed by atoms with Crippen molar-refractivity contribution in [2.75, 3.05) is 45.4 Å². The standard InChI is InChI=1S/C28H28F3N7O3/c1-18-6-4-5-7-21(18)22-15-25(37-10-12-41-13-11-37)32-16-23(22)26(39)36(2)17-19-14-20(8-9-24(19)40-3)38-27(28(29,30)31)33-34-35-38/h4-9,14-16H,10-13,17H2,1-3H3. The summed E-state index contributed by atoms with van der Waals surface area (Å²) in [4.78, 5) is 22.1.